The number of anilines is 2. The number of amides is 2. The summed E-state index contributed by atoms with van der Waals surface area (Å²) in [4.78, 5) is 11.2. The van der Waals surface area contributed by atoms with Crippen LogP contribution in [-0.2, 0) is 0 Å². The molecule has 0 bridgehead atoms. The van der Waals surface area contributed by atoms with Crippen LogP contribution >= 0.6 is 0 Å². The van der Waals surface area contributed by atoms with Gasteiger partial charge >= 0.3 is 6.03 Å². The Balaban J connectivity index is 1.88. The first-order valence-electron chi connectivity index (χ1n) is 6.84. The SMILES string of the molecule is CNC(=O)Nc1ccc(NC2CCCNCC2)cc1. The Bertz CT molecular complexity index is 396. The minimum absolute atomic E-state index is 0.199. The van der Waals surface area contributed by atoms with Gasteiger partial charge in [0.05, 0.1) is 0 Å². The van der Waals surface area contributed by atoms with Crippen LogP contribution in [0.3, 0.4) is 0 Å². The molecule has 0 aliphatic carbocycles. The summed E-state index contributed by atoms with van der Waals surface area (Å²) < 4.78 is 0. The topological polar surface area (TPSA) is 65.2 Å². The van der Waals surface area contributed by atoms with Gasteiger partial charge in [-0.15, -0.1) is 0 Å². The molecule has 0 radical (unpaired) electrons. The third kappa shape index (κ3) is 4.44. The lowest BCUT2D eigenvalue weighted by Gasteiger charge is -2.17. The second-order valence-corrected chi connectivity index (χ2v) is 4.80. The molecule has 2 rings (SSSR count). The molecule has 1 aliphatic heterocycles. The highest BCUT2D eigenvalue weighted by atomic mass is 16.2. The van der Waals surface area contributed by atoms with E-state index in [4.69, 9.17) is 0 Å². The Morgan fingerprint density at radius 3 is 2.63 bits per heavy atom. The van der Waals surface area contributed by atoms with Gasteiger partial charge in [-0.2, -0.15) is 0 Å². The Labute approximate surface area is 114 Å². The highest BCUT2D eigenvalue weighted by molar-refractivity contribution is 5.89. The number of carbonyl (C=O) groups is 1. The molecule has 1 aromatic carbocycles. The molecule has 2 amide bonds. The van der Waals surface area contributed by atoms with Crippen molar-refractivity contribution >= 4 is 17.4 Å². The zero-order chi connectivity index (χ0) is 13.5. The van der Waals surface area contributed by atoms with E-state index in [1.54, 1.807) is 7.05 Å². The molecule has 0 spiro atoms. The number of benzene rings is 1. The molecule has 19 heavy (non-hydrogen) atoms. The number of urea groups is 1. The van der Waals surface area contributed by atoms with Crippen molar-refractivity contribution in [2.75, 3.05) is 30.8 Å². The van der Waals surface area contributed by atoms with Crippen LogP contribution in [0.4, 0.5) is 16.2 Å². The number of rotatable bonds is 3. The fourth-order valence-electron chi connectivity index (χ4n) is 2.24. The first-order valence-corrected chi connectivity index (χ1v) is 6.84. The quantitative estimate of drug-likeness (QED) is 0.673. The van der Waals surface area contributed by atoms with Crippen molar-refractivity contribution in [2.45, 2.75) is 25.3 Å². The number of hydrogen-bond donors (Lipinski definition) is 4. The van der Waals surface area contributed by atoms with Crippen molar-refractivity contribution in [2.24, 2.45) is 0 Å². The molecule has 4 N–H and O–H groups in total. The van der Waals surface area contributed by atoms with Crippen molar-refractivity contribution in [1.29, 1.82) is 0 Å². The Morgan fingerprint density at radius 1 is 1.16 bits per heavy atom. The maximum Gasteiger partial charge on any atom is 0.318 e. The van der Waals surface area contributed by atoms with E-state index in [1.807, 2.05) is 24.3 Å². The van der Waals surface area contributed by atoms with E-state index in [-0.39, 0.29) is 6.03 Å². The summed E-state index contributed by atoms with van der Waals surface area (Å²) >= 11 is 0. The van der Waals surface area contributed by atoms with Crippen molar-refractivity contribution in [1.82, 2.24) is 10.6 Å². The van der Waals surface area contributed by atoms with Crippen molar-refractivity contribution in [3.05, 3.63) is 24.3 Å². The van der Waals surface area contributed by atoms with Gasteiger partial charge < -0.3 is 21.3 Å². The summed E-state index contributed by atoms with van der Waals surface area (Å²) in [6.07, 6.45) is 3.57. The molecule has 1 aliphatic rings. The third-order valence-electron chi connectivity index (χ3n) is 3.32. The van der Waals surface area contributed by atoms with Crippen LogP contribution in [0.25, 0.3) is 0 Å². The van der Waals surface area contributed by atoms with Crippen molar-refractivity contribution in [3.63, 3.8) is 0 Å². The van der Waals surface area contributed by atoms with Crippen LogP contribution in [0.2, 0.25) is 0 Å². The van der Waals surface area contributed by atoms with Gasteiger partial charge in [0, 0.05) is 24.5 Å². The van der Waals surface area contributed by atoms with E-state index in [2.05, 4.69) is 21.3 Å². The van der Waals surface area contributed by atoms with Gasteiger partial charge in [-0.25, -0.2) is 4.79 Å². The zero-order valence-electron chi connectivity index (χ0n) is 11.3. The number of carbonyl (C=O) groups excluding carboxylic acids is 1. The molecule has 5 heteroatoms. The number of hydrogen-bond acceptors (Lipinski definition) is 3. The first kappa shape index (κ1) is 13.7. The lowest BCUT2D eigenvalue weighted by atomic mass is 10.1. The molecule has 1 atom stereocenters. The van der Waals surface area contributed by atoms with Gasteiger partial charge in [0.15, 0.2) is 0 Å². The van der Waals surface area contributed by atoms with Crippen LogP contribution in [0, 0.1) is 0 Å². The minimum atomic E-state index is -0.199. The van der Waals surface area contributed by atoms with Gasteiger partial charge in [0.2, 0.25) is 0 Å². The first-order chi connectivity index (χ1) is 9.28. The fraction of sp³-hybridized carbons (Fsp3) is 0.500. The maximum absolute atomic E-state index is 11.2. The molecule has 104 valence electrons. The minimum Gasteiger partial charge on any atom is -0.382 e. The molecule has 1 unspecified atom stereocenters. The summed E-state index contributed by atoms with van der Waals surface area (Å²) in [5.74, 6) is 0. The molecule has 1 saturated heterocycles. The summed E-state index contributed by atoms with van der Waals surface area (Å²) in [7, 11) is 1.60. The summed E-state index contributed by atoms with van der Waals surface area (Å²) in [6.45, 7) is 2.20. The Kier molecular flexibility index (Phi) is 5.03. The van der Waals surface area contributed by atoms with Crippen LogP contribution < -0.4 is 21.3 Å². The van der Waals surface area contributed by atoms with Crippen LogP contribution in [-0.4, -0.2) is 32.2 Å². The predicted octanol–water partition coefficient (Wildman–Crippen LogP) is 1.99. The molecular formula is C14H22N4O. The van der Waals surface area contributed by atoms with Gasteiger partial charge in [-0.05, 0) is 56.6 Å². The average molecular weight is 262 g/mol. The predicted molar refractivity (Wildman–Crippen MR) is 78.7 cm³/mol. The van der Waals surface area contributed by atoms with Crippen LogP contribution in [0.1, 0.15) is 19.3 Å². The summed E-state index contributed by atoms with van der Waals surface area (Å²) in [5, 5.41) is 12.2. The van der Waals surface area contributed by atoms with Crippen LogP contribution in [0.15, 0.2) is 24.3 Å². The molecule has 1 fully saturated rings. The fourth-order valence-corrected chi connectivity index (χ4v) is 2.24. The van der Waals surface area contributed by atoms with Gasteiger partial charge in [-0.1, -0.05) is 0 Å². The summed E-state index contributed by atoms with van der Waals surface area (Å²) in [5.41, 5.74) is 1.90. The normalized spacial score (nSPS) is 19.3. The largest absolute Gasteiger partial charge is 0.382 e. The van der Waals surface area contributed by atoms with Crippen LogP contribution in [0.5, 0.6) is 0 Å². The molecule has 1 aromatic rings. The zero-order valence-corrected chi connectivity index (χ0v) is 11.3. The van der Waals surface area contributed by atoms with E-state index >= 15 is 0 Å². The molecule has 0 saturated carbocycles. The van der Waals surface area contributed by atoms with Crippen molar-refractivity contribution < 1.29 is 4.79 Å². The lowest BCUT2D eigenvalue weighted by Crippen LogP contribution is -2.24. The smallest absolute Gasteiger partial charge is 0.318 e. The van der Waals surface area contributed by atoms with E-state index in [0.29, 0.717) is 6.04 Å². The molecule has 5 nitrogen and oxygen atoms in total. The van der Waals surface area contributed by atoms with E-state index < -0.39 is 0 Å². The monoisotopic (exact) mass is 262 g/mol. The second kappa shape index (κ2) is 6.99. The van der Waals surface area contributed by atoms with E-state index in [0.717, 1.165) is 30.9 Å². The Morgan fingerprint density at radius 2 is 1.89 bits per heavy atom. The van der Waals surface area contributed by atoms with Gasteiger partial charge in [0.25, 0.3) is 0 Å². The third-order valence-corrected chi connectivity index (χ3v) is 3.32. The lowest BCUT2D eigenvalue weighted by molar-refractivity contribution is 0.254. The number of nitrogens with one attached hydrogen (secondary N) is 4. The maximum atomic E-state index is 11.2. The summed E-state index contributed by atoms with van der Waals surface area (Å²) in [6, 6.07) is 8.16. The van der Waals surface area contributed by atoms with E-state index in [1.165, 1.54) is 12.8 Å². The molecule has 0 aromatic heterocycles. The Hall–Kier alpha value is -1.75. The average Bonchev–Trinajstić information content (AvgIpc) is 2.69. The second-order valence-electron chi connectivity index (χ2n) is 4.80. The highest BCUT2D eigenvalue weighted by Gasteiger charge is 2.11. The highest BCUT2D eigenvalue weighted by Crippen LogP contribution is 2.17. The molecule has 1 heterocycles. The standard InChI is InChI=1S/C14H22N4O/c1-15-14(19)18-13-6-4-12(5-7-13)17-11-3-2-9-16-10-8-11/h4-7,11,16-17H,2-3,8-10H2,1H3,(H2,15,18,19). The van der Waals surface area contributed by atoms with Gasteiger partial charge in [0.1, 0.15) is 0 Å². The van der Waals surface area contributed by atoms with Crippen molar-refractivity contribution in [3.8, 4) is 0 Å². The van der Waals surface area contributed by atoms with E-state index in [9.17, 15) is 4.79 Å². The van der Waals surface area contributed by atoms with Gasteiger partial charge in [-0.3, -0.25) is 0 Å². The molecular weight excluding hydrogens is 240 g/mol.